The van der Waals surface area contributed by atoms with Gasteiger partial charge in [-0.15, -0.1) is 0 Å². The van der Waals surface area contributed by atoms with Crippen molar-refractivity contribution in [2.24, 2.45) is 5.73 Å². The van der Waals surface area contributed by atoms with Crippen molar-refractivity contribution >= 4 is 17.1 Å². The van der Waals surface area contributed by atoms with Gasteiger partial charge < -0.3 is 34.9 Å². The first-order chi connectivity index (χ1) is 19.6. The zero-order chi connectivity index (χ0) is 27.7. The van der Waals surface area contributed by atoms with E-state index in [1.807, 2.05) is 61.1 Å². The summed E-state index contributed by atoms with van der Waals surface area (Å²) in [5, 5.41) is 0. The van der Waals surface area contributed by atoms with E-state index in [2.05, 4.69) is 38.1 Å². The number of aromatic nitrogens is 3. The van der Waals surface area contributed by atoms with Gasteiger partial charge in [-0.05, 0) is 65.7 Å². The van der Waals surface area contributed by atoms with Crippen molar-refractivity contribution < 1.29 is 19.0 Å². The fourth-order valence-electron chi connectivity index (χ4n) is 6.34. The van der Waals surface area contributed by atoms with Crippen LogP contribution in [0.3, 0.4) is 0 Å². The molecule has 206 valence electrons. The smallest absolute Gasteiger partial charge is 0.249 e. The molecule has 4 aromatic rings. The molecule has 4 heterocycles. The molecule has 1 amide bonds. The summed E-state index contributed by atoms with van der Waals surface area (Å²) < 4.78 is 17.4. The molecule has 2 aliphatic rings. The number of hydrogen-bond donors (Lipinski definition) is 4. The molecule has 1 saturated heterocycles. The van der Waals surface area contributed by atoms with Crippen LogP contribution in [0.4, 0.5) is 0 Å². The summed E-state index contributed by atoms with van der Waals surface area (Å²) in [7, 11) is 3.31. The van der Waals surface area contributed by atoms with Crippen molar-refractivity contribution in [2.75, 3.05) is 40.5 Å². The SMILES string of the molecule is COc1cc(OC)cc(C2(N3CCOCC3)C(c3ccc[nH]3)=CC(C(N)=O)=C(c3ccc[nH]3)C2c2ccc[nH]2)c1. The van der Waals surface area contributed by atoms with Gasteiger partial charge >= 0.3 is 0 Å². The van der Waals surface area contributed by atoms with E-state index in [9.17, 15) is 4.79 Å². The van der Waals surface area contributed by atoms with Crippen molar-refractivity contribution in [3.63, 3.8) is 0 Å². The predicted octanol–water partition coefficient (Wildman–Crippen LogP) is 4.04. The summed E-state index contributed by atoms with van der Waals surface area (Å²) in [6.07, 6.45) is 7.62. The molecule has 0 radical (unpaired) electrons. The minimum atomic E-state index is -0.833. The Labute approximate surface area is 232 Å². The quantitative estimate of drug-likeness (QED) is 0.269. The van der Waals surface area contributed by atoms with E-state index in [-0.39, 0.29) is 5.92 Å². The van der Waals surface area contributed by atoms with Gasteiger partial charge in [-0.3, -0.25) is 9.69 Å². The molecule has 40 heavy (non-hydrogen) atoms. The molecule has 3 aromatic heterocycles. The van der Waals surface area contributed by atoms with Crippen LogP contribution in [-0.2, 0) is 15.1 Å². The van der Waals surface area contributed by atoms with Crippen LogP contribution in [0, 0.1) is 0 Å². The lowest BCUT2D eigenvalue weighted by molar-refractivity contribution is -0.114. The number of benzene rings is 1. The van der Waals surface area contributed by atoms with Crippen LogP contribution in [0.5, 0.6) is 11.5 Å². The van der Waals surface area contributed by atoms with Gasteiger partial charge in [-0.1, -0.05) is 0 Å². The highest BCUT2D eigenvalue weighted by Crippen LogP contribution is 2.59. The normalized spacial score (nSPS) is 21.8. The van der Waals surface area contributed by atoms with E-state index < -0.39 is 11.4 Å². The van der Waals surface area contributed by atoms with Gasteiger partial charge in [0.05, 0.1) is 38.9 Å². The molecule has 0 spiro atoms. The first-order valence-corrected chi connectivity index (χ1v) is 13.3. The minimum absolute atomic E-state index is 0.387. The van der Waals surface area contributed by atoms with Crippen LogP contribution in [-0.4, -0.2) is 66.3 Å². The van der Waals surface area contributed by atoms with E-state index in [1.165, 1.54) is 0 Å². The van der Waals surface area contributed by atoms with Crippen LogP contribution in [0.2, 0.25) is 0 Å². The lowest BCUT2D eigenvalue weighted by atomic mass is 9.61. The van der Waals surface area contributed by atoms with E-state index in [0.717, 1.165) is 33.8 Å². The third-order valence-electron chi connectivity index (χ3n) is 7.97. The van der Waals surface area contributed by atoms with E-state index in [1.54, 1.807) is 14.2 Å². The third kappa shape index (κ3) is 4.14. The second-order valence-electron chi connectivity index (χ2n) is 9.94. The summed E-state index contributed by atoms with van der Waals surface area (Å²) in [5.74, 6) is 0.458. The number of nitrogens with two attached hydrogens (primary N) is 1. The molecular weight excluding hydrogens is 506 g/mol. The van der Waals surface area contributed by atoms with Crippen molar-refractivity contribution in [2.45, 2.75) is 11.5 Å². The zero-order valence-electron chi connectivity index (χ0n) is 22.6. The van der Waals surface area contributed by atoms with Gasteiger partial charge in [-0.2, -0.15) is 0 Å². The molecule has 2 unspecified atom stereocenters. The number of primary amides is 1. The average Bonchev–Trinajstić information content (AvgIpc) is 3.80. The van der Waals surface area contributed by atoms with Crippen molar-refractivity contribution in [1.29, 1.82) is 0 Å². The van der Waals surface area contributed by atoms with Crippen LogP contribution >= 0.6 is 0 Å². The van der Waals surface area contributed by atoms with Crippen molar-refractivity contribution in [3.8, 4) is 11.5 Å². The number of nitrogens with zero attached hydrogens (tertiary/aromatic N) is 1. The number of aromatic amines is 3. The zero-order valence-corrected chi connectivity index (χ0v) is 22.6. The second kappa shape index (κ2) is 10.6. The van der Waals surface area contributed by atoms with E-state index in [0.29, 0.717) is 43.4 Å². The van der Waals surface area contributed by atoms with Gasteiger partial charge in [0.25, 0.3) is 0 Å². The van der Waals surface area contributed by atoms with E-state index in [4.69, 9.17) is 19.9 Å². The monoisotopic (exact) mass is 539 g/mol. The number of rotatable bonds is 8. The van der Waals surface area contributed by atoms with Gasteiger partial charge in [-0.25, -0.2) is 0 Å². The van der Waals surface area contributed by atoms with Gasteiger partial charge in [0.2, 0.25) is 5.91 Å². The van der Waals surface area contributed by atoms with Gasteiger partial charge in [0.15, 0.2) is 0 Å². The predicted molar refractivity (Wildman–Crippen MR) is 153 cm³/mol. The molecule has 1 aliphatic carbocycles. The first kappa shape index (κ1) is 25.8. The van der Waals surface area contributed by atoms with Crippen LogP contribution in [0.1, 0.15) is 28.6 Å². The Balaban J connectivity index is 1.79. The Hall–Kier alpha value is -4.47. The highest BCUT2D eigenvalue weighted by atomic mass is 16.5. The summed E-state index contributed by atoms with van der Waals surface area (Å²) in [6.45, 7) is 2.47. The van der Waals surface area contributed by atoms with E-state index >= 15 is 0 Å². The minimum Gasteiger partial charge on any atom is -0.497 e. The van der Waals surface area contributed by atoms with Gasteiger partial charge in [0, 0.05) is 66.0 Å². The number of carbonyl (C=O) groups excluding carboxylic acids is 1. The summed E-state index contributed by atoms with van der Waals surface area (Å²) in [6, 6.07) is 18.0. The highest BCUT2D eigenvalue weighted by Gasteiger charge is 2.55. The maximum Gasteiger partial charge on any atom is 0.249 e. The Kier molecular flexibility index (Phi) is 6.83. The average molecular weight is 540 g/mol. The maximum absolute atomic E-state index is 13.2. The van der Waals surface area contributed by atoms with Crippen LogP contribution < -0.4 is 15.2 Å². The Bertz CT molecular complexity index is 1510. The first-order valence-electron chi connectivity index (χ1n) is 13.3. The topological polar surface area (TPSA) is 121 Å². The largest absolute Gasteiger partial charge is 0.497 e. The second-order valence-corrected chi connectivity index (χ2v) is 9.94. The number of hydrogen-bond acceptors (Lipinski definition) is 5. The number of amides is 1. The summed E-state index contributed by atoms with van der Waals surface area (Å²) in [5.41, 5.74) is 11.1. The maximum atomic E-state index is 13.2. The Morgan fingerprint density at radius 3 is 2.10 bits per heavy atom. The molecule has 1 fully saturated rings. The molecule has 9 nitrogen and oxygen atoms in total. The molecule has 1 aliphatic heterocycles. The number of methoxy groups -OCH3 is 2. The fraction of sp³-hybridized carbons (Fsp3) is 0.258. The number of H-pyrrole nitrogens is 3. The lowest BCUT2D eigenvalue weighted by Gasteiger charge is -2.54. The molecular formula is C31H33N5O4. The molecule has 6 rings (SSSR count). The number of ether oxygens (including phenoxy) is 3. The molecule has 5 N–H and O–H groups in total. The molecule has 9 heteroatoms. The standard InChI is InChI=1S/C31H33N5O4/c1-38-21-16-20(17-22(18-21)39-2)31(36-12-14-40-15-13-36)24(25-6-3-9-33-25)19-23(30(32)37)28(26-7-4-10-34-26)29(31)27-8-5-11-35-27/h3-11,16-19,29,33-35H,12-15H2,1-2H3,(H2,32,37). The van der Waals surface area contributed by atoms with Crippen molar-refractivity contribution in [3.05, 3.63) is 107 Å². The lowest BCUT2D eigenvalue weighted by Crippen LogP contribution is -2.56. The Morgan fingerprint density at radius 1 is 0.925 bits per heavy atom. The molecule has 0 saturated carbocycles. The third-order valence-corrected chi connectivity index (χ3v) is 7.97. The fourth-order valence-corrected chi connectivity index (χ4v) is 6.34. The van der Waals surface area contributed by atoms with Crippen LogP contribution in [0.25, 0.3) is 11.1 Å². The number of carbonyl (C=O) groups is 1. The molecule has 1 aromatic carbocycles. The molecule has 2 atom stereocenters. The number of morpholine rings is 1. The summed E-state index contributed by atoms with van der Waals surface area (Å²) in [4.78, 5) is 25.9. The van der Waals surface area contributed by atoms with Crippen molar-refractivity contribution in [1.82, 2.24) is 19.9 Å². The highest BCUT2D eigenvalue weighted by molar-refractivity contribution is 6.08. The summed E-state index contributed by atoms with van der Waals surface area (Å²) >= 11 is 0. The molecule has 0 bridgehead atoms. The number of nitrogens with one attached hydrogen (secondary N) is 3. The Morgan fingerprint density at radius 2 is 1.55 bits per heavy atom. The van der Waals surface area contributed by atoms with Gasteiger partial charge in [0.1, 0.15) is 11.5 Å². The van der Waals surface area contributed by atoms with Crippen LogP contribution in [0.15, 0.2) is 84.8 Å².